The highest BCUT2D eigenvalue weighted by atomic mass is 79.9. The van der Waals surface area contributed by atoms with Crippen LogP contribution in [0.3, 0.4) is 0 Å². The molecule has 0 aromatic heterocycles. The quantitative estimate of drug-likeness (QED) is 0.537. The zero-order chi connectivity index (χ0) is 19.1. The van der Waals surface area contributed by atoms with Crippen molar-refractivity contribution in [1.82, 2.24) is 10.2 Å². The van der Waals surface area contributed by atoms with E-state index in [0.717, 1.165) is 41.9 Å². The average molecular weight is 427 g/mol. The molecule has 1 saturated heterocycles. The average Bonchev–Trinajstić information content (AvgIpc) is 2.61. The van der Waals surface area contributed by atoms with Gasteiger partial charge in [0.05, 0.1) is 18.7 Å². The molecule has 0 aliphatic carbocycles. The van der Waals surface area contributed by atoms with E-state index in [1.807, 2.05) is 12.1 Å². The van der Waals surface area contributed by atoms with Crippen LogP contribution in [0.5, 0.6) is 11.5 Å². The number of aliphatic imine (C=N–C) groups is 1. The van der Waals surface area contributed by atoms with Crippen molar-refractivity contribution in [3.05, 3.63) is 22.2 Å². The van der Waals surface area contributed by atoms with Crippen LogP contribution in [0.15, 0.2) is 21.6 Å². The third kappa shape index (κ3) is 5.27. The Balaban J connectivity index is 2.03. The molecule has 144 valence electrons. The summed E-state index contributed by atoms with van der Waals surface area (Å²) in [7, 11) is 5.00. The molecule has 0 spiro atoms. The van der Waals surface area contributed by atoms with Gasteiger partial charge in [0.25, 0.3) is 0 Å². The molecule has 1 atom stereocenters. The van der Waals surface area contributed by atoms with Gasteiger partial charge in [0.15, 0.2) is 17.5 Å². The van der Waals surface area contributed by atoms with Gasteiger partial charge in [-0.2, -0.15) is 0 Å². The van der Waals surface area contributed by atoms with E-state index in [1.54, 1.807) is 21.3 Å². The smallest absolute Gasteiger partial charge is 0.217 e. The first-order chi connectivity index (χ1) is 12.5. The van der Waals surface area contributed by atoms with Crippen LogP contribution in [0.2, 0.25) is 0 Å². The fraction of sp³-hybridized carbons (Fsp3) is 0.556. The first-order valence-electron chi connectivity index (χ1n) is 8.62. The number of primary amides is 1. The number of likely N-dealkylation sites (tertiary alicyclic amines) is 1. The van der Waals surface area contributed by atoms with Gasteiger partial charge in [-0.25, -0.2) is 0 Å². The molecule has 8 heteroatoms. The Bertz CT molecular complexity index is 666. The van der Waals surface area contributed by atoms with Gasteiger partial charge in [-0.15, -0.1) is 0 Å². The van der Waals surface area contributed by atoms with Gasteiger partial charge in [0.2, 0.25) is 5.91 Å². The number of rotatable bonds is 6. The molecule has 2 rings (SSSR count). The fourth-order valence-electron chi connectivity index (χ4n) is 3.30. The highest BCUT2D eigenvalue weighted by Gasteiger charge is 2.23. The molecular weight excluding hydrogens is 400 g/mol. The molecule has 1 aliphatic heterocycles. The SMILES string of the molecule is CN=C(NCc1cc(Br)c(OC)c(OC)c1)N1CCCC(CC(N)=O)C1. The van der Waals surface area contributed by atoms with Gasteiger partial charge in [0, 0.05) is 33.1 Å². The van der Waals surface area contributed by atoms with E-state index in [2.05, 4.69) is 31.1 Å². The van der Waals surface area contributed by atoms with E-state index in [4.69, 9.17) is 15.2 Å². The van der Waals surface area contributed by atoms with Crippen molar-refractivity contribution in [2.24, 2.45) is 16.6 Å². The number of amides is 1. The van der Waals surface area contributed by atoms with E-state index in [1.165, 1.54) is 0 Å². The van der Waals surface area contributed by atoms with E-state index in [-0.39, 0.29) is 11.8 Å². The maximum absolute atomic E-state index is 11.2. The van der Waals surface area contributed by atoms with Crippen molar-refractivity contribution in [1.29, 1.82) is 0 Å². The Kier molecular flexibility index (Phi) is 7.56. The summed E-state index contributed by atoms with van der Waals surface area (Å²) in [6, 6.07) is 3.93. The molecule has 1 aliphatic rings. The number of halogens is 1. The lowest BCUT2D eigenvalue weighted by atomic mass is 9.95. The molecule has 7 nitrogen and oxygen atoms in total. The standard InChI is InChI=1S/C18H27BrN4O3/c1-21-18(23-6-4-5-12(11-23)9-16(20)24)22-10-13-7-14(19)17(26-3)15(8-13)25-2/h7-8,12H,4-6,9-11H2,1-3H3,(H2,20,24)(H,21,22). The largest absolute Gasteiger partial charge is 0.493 e. The molecule has 1 aromatic carbocycles. The molecule has 0 saturated carbocycles. The molecule has 26 heavy (non-hydrogen) atoms. The Labute approximate surface area is 163 Å². The van der Waals surface area contributed by atoms with E-state index in [0.29, 0.717) is 24.5 Å². The summed E-state index contributed by atoms with van der Waals surface area (Å²) in [6.45, 7) is 2.31. The van der Waals surface area contributed by atoms with E-state index >= 15 is 0 Å². The predicted molar refractivity (Wildman–Crippen MR) is 106 cm³/mol. The van der Waals surface area contributed by atoms with Crippen molar-refractivity contribution >= 4 is 27.8 Å². The van der Waals surface area contributed by atoms with Gasteiger partial charge < -0.3 is 25.4 Å². The number of piperidine rings is 1. The van der Waals surface area contributed by atoms with Crippen molar-refractivity contribution in [3.63, 3.8) is 0 Å². The van der Waals surface area contributed by atoms with Gasteiger partial charge in [-0.1, -0.05) is 0 Å². The van der Waals surface area contributed by atoms with Crippen LogP contribution in [0.4, 0.5) is 0 Å². The van der Waals surface area contributed by atoms with Gasteiger partial charge in [0.1, 0.15) is 0 Å². The van der Waals surface area contributed by atoms with Crippen LogP contribution >= 0.6 is 15.9 Å². The minimum absolute atomic E-state index is 0.241. The first-order valence-corrected chi connectivity index (χ1v) is 9.42. The number of carbonyl (C=O) groups excluding carboxylic acids is 1. The highest BCUT2D eigenvalue weighted by molar-refractivity contribution is 9.10. The third-order valence-electron chi connectivity index (χ3n) is 4.46. The van der Waals surface area contributed by atoms with Crippen molar-refractivity contribution in [2.45, 2.75) is 25.8 Å². The molecule has 0 bridgehead atoms. The molecule has 1 amide bonds. The molecule has 1 heterocycles. The highest BCUT2D eigenvalue weighted by Crippen LogP contribution is 2.36. The summed E-state index contributed by atoms with van der Waals surface area (Å²) >= 11 is 3.51. The van der Waals surface area contributed by atoms with Gasteiger partial charge in [-0.05, 0) is 52.4 Å². The number of nitrogens with one attached hydrogen (secondary N) is 1. The summed E-state index contributed by atoms with van der Waals surface area (Å²) < 4.78 is 11.6. The number of ether oxygens (including phenoxy) is 2. The summed E-state index contributed by atoms with van der Waals surface area (Å²) in [6.07, 6.45) is 2.48. The topological polar surface area (TPSA) is 89.2 Å². The first kappa shape index (κ1) is 20.4. The van der Waals surface area contributed by atoms with Crippen molar-refractivity contribution in [3.8, 4) is 11.5 Å². The van der Waals surface area contributed by atoms with Crippen LogP contribution in [0.25, 0.3) is 0 Å². The lowest BCUT2D eigenvalue weighted by Gasteiger charge is -2.34. The second-order valence-electron chi connectivity index (χ2n) is 6.34. The Hall–Kier alpha value is -1.96. The Morgan fingerprint density at radius 1 is 1.42 bits per heavy atom. The third-order valence-corrected chi connectivity index (χ3v) is 5.05. The Morgan fingerprint density at radius 3 is 2.81 bits per heavy atom. The Morgan fingerprint density at radius 2 is 2.19 bits per heavy atom. The number of hydrogen-bond acceptors (Lipinski definition) is 4. The second kappa shape index (κ2) is 9.66. The van der Waals surface area contributed by atoms with Crippen LogP contribution in [0.1, 0.15) is 24.8 Å². The monoisotopic (exact) mass is 426 g/mol. The molecule has 1 aromatic rings. The summed E-state index contributed by atoms with van der Waals surface area (Å²) in [5, 5.41) is 3.39. The van der Waals surface area contributed by atoms with Crippen LogP contribution in [-0.2, 0) is 11.3 Å². The summed E-state index contributed by atoms with van der Waals surface area (Å²) in [5.41, 5.74) is 6.39. The minimum atomic E-state index is -0.241. The summed E-state index contributed by atoms with van der Waals surface area (Å²) in [5.74, 6) is 2.22. The van der Waals surface area contributed by atoms with Crippen LogP contribution in [-0.4, -0.2) is 51.1 Å². The molecule has 1 unspecified atom stereocenters. The van der Waals surface area contributed by atoms with Crippen LogP contribution in [0, 0.1) is 5.92 Å². The number of benzene rings is 1. The van der Waals surface area contributed by atoms with E-state index < -0.39 is 0 Å². The van der Waals surface area contributed by atoms with Crippen molar-refractivity contribution < 1.29 is 14.3 Å². The zero-order valence-corrected chi connectivity index (χ0v) is 17.1. The second-order valence-corrected chi connectivity index (χ2v) is 7.19. The molecule has 3 N–H and O–H groups in total. The molecule has 0 radical (unpaired) electrons. The van der Waals surface area contributed by atoms with Gasteiger partial charge in [-0.3, -0.25) is 9.79 Å². The fourth-order valence-corrected chi connectivity index (χ4v) is 3.95. The molecule has 1 fully saturated rings. The lowest BCUT2D eigenvalue weighted by Crippen LogP contribution is -2.46. The predicted octanol–water partition coefficient (Wildman–Crippen LogP) is 2.13. The number of methoxy groups -OCH3 is 2. The number of nitrogens with zero attached hydrogens (tertiary/aromatic N) is 2. The molecular formula is C18H27BrN4O3. The maximum Gasteiger partial charge on any atom is 0.217 e. The van der Waals surface area contributed by atoms with Gasteiger partial charge >= 0.3 is 0 Å². The summed E-state index contributed by atoms with van der Waals surface area (Å²) in [4.78, 5) is 17.8. The maximum atomic E-state index is 11.2. The number of hydrogen-bond donors (Lipinski definition) is 2. The van der Waals surface area contributed by atoms with E-state index in [9.17, 15) is 4.79 Å². The minimum Gasteiger partial charge on any atom is -0.493 e. The number of carbonyl (C=O) groups is 1. The van der Waals surface area contributed by atoms with Crippen molar-refractivity contribution in [2.75, 3.05) is 34.4 Å². The lowest BCUT2D eigenvalue weighted by molar-refractivity contribution is -0.119. The number of nitrogens with two attached hydrogens (primary N) is 1. The normalized spacial score (nSPS) is 17.8. The number of guanidine groups is 1. The van der Waals surface area contributed by atoms with Crippen LogP contribution < -0.4 is 20.5 Å². The zero-order valence-electron chi connectivity index (χ0n) is 15.5.